The monoisotopic (exact) mass is 266 g/mol. The van der Waals surface area contributed by atoms with Crippen LogP contribution < -0.4 is 0 Å². The van der Waals surface area contributed by atoms with Crippen LogP contribution in [0.4, 0.5) is 0 Å². The number of unbranched alkanes of at least 4 members (excludes halogenated alkanes) is 4. The molecule has 16 heavy (non-hydrogen) atoms. The SMILES string of the molecule is CCCCCCCC([Si](C)(C)C)P(=O)(O)O. The first-order valence-corrected chi connectivity index (χ1v) is 11.5. The molecule has 1 unspecified atom stereocenters. The molecule has 0 aliphatic carbocycles. The Bertz CT molecular complexity index is 232. The molecule has 0 aromatic heterocycles. The van der Waals surface area contributed by atoms with E-state index in [1.54, 1.807) is 0 Å². The summed E-state index contributed by atoms with van der Waals surface area (Å²) < 4.78 is 11.4. The van der Waals surface area contributed by atoms with E-state index in [4.69, 9.17) is 0 Å². The highest BCUT2D eigenvalue weighted by Crippen LogP contribution is 2.48. The van der Waals surface area contributed by atoms with Gasteiger partial charge >= 0.3 is 7.60 Å². The van der Waals surface area contributed by atoms with Crippen LogP contribution in [0.15, 0.2) is 0 Å². The van der Waals surface area contributed by atoms with Gasteiger partial charge in [0.05, 0.1) is 13.4 Å². The summed E-state index contributed by atoms with van der Waals surface area (Å²) in [5.74, 6) is 0. The molecule has 0 aliphatic heterocycles. The molecule has 1 atom stereocenters. The lowest BCUT2D eigenvalue weighted by Gasteiger charge is -2.29. The van der Waals surface area contributed by atoms with Gasteiger partial charge in [0.1, 0.15) is 0 Å². The van der Waals surface area contributed by atoms with E-state index in [2.05, 4.69) is 6.92 Å². The molecule has 5 heteroatoms. The van der Waals surface area contributed by atoms with Crippen LogP contribution in [-0.2, 0) is 4.57 Å². The fourth-order valence-electron chi connectivity index (χ4n) is 2.05. The molecule has 0 aliphatic rings. The quantitative estimate of drug-likeness (QED) is 0.399. The van der Waals surface area contributed by atoms with Gasteiger partial charge in [0.15, 0.2) is 0 Å². The summed E-state index contributed by atoms with van der Waals surface area (Å²) >= 11 is 0. The topological polar surface area (TPSA) is 57.5 Å². The summed E-state index contributed by atoms with van der Waals surface area (Å²) in [7, 11) is -5.64. The summed E-state index contributed by atoms with van der Waals surface area (Å²) in [6.45, 7) is 8.30. The van der Waals surface area contributed by atoms with Crippen LogP contribution in [0.5, 0.6) is 0 Å². The van der Waals surface area contributed by atoms with Gasteiger partial charge in [0, 0.05) is 0 Å². The van der Waals surface area contributed by atoms with Gasteiger partial charge in [-0.25, -0.2) is 0 Å². The molecule has 0 aromatic carbocycles. The van der Waals surface area contributed by atoms with Crippen molar-refractivity contribution in [2.24, 2.45) is 0 Å². The molecule has 0 spiro atoms. The van der Waals surface area contributed by atoms with E-state index in [0.717, 1.165) is 12.8 Å². The molecule has 0 heterocycles. The Hall–Kier alpha value is 0.367. The zero-order valence-electron chi connectivity index (χ0n) is 11.1. The zero-order chi connectivity index (χ0) is 12.8. The third-order valence-electron chi connectivity index (χ3n) is 2.99. The zero-order valence-corrected chi connectivity index (χ0v) is 13.0. The molecular weight excluding hydrogens is 239 g/mol. The molecular formula is C11H27O3PSi. The average Bonchev–Trinajstić information content (AvgIpc) is 2.06. The van der Waals surface area contributed by atoms with Crippen molar-refractivity contribution in [3.05, 3.63) is 0 Å². The highest BCUT2D eigenvalue weighted by Gasteiger charge is 2.39. The number of hydrogen-bond acceptors (Lipinski definition) is 1. The molecule has 0 amide bonds. The first kappa shape index (κ1) is 16.4. The minimum atomic E-state index is -3.89. The lowest BCUT2D eigenvalue weighted by molar-refractivity contribution is 0.364. The predicted octanol–water partition coefficient (Wildman–Crippen LogP) is 3.77. The van der Waals surface area contributed by atoms with Crippen LogP contribution in [0.25, 0.3) is 0 Å². The lowest BCUT2D eigenvalue weighted by atomic mass is 10.1. The van der Waals surface area contributed by atoms with Gasteiger partial charge < -0.3 is 9.79 Å². The van der Waals surface area contributed by atoms with Gasteiger partial charge in [-0.2, -0.15) is 0 Å². The van der Waals surface area contributed by atoms with Gasteiger partial charge in [-0.05, 0) is 6.42 Å². The Morgan fingerprint density at radius 2 is 1.56 bits per heavy atom. The highest BCUT2D eigenvalue weighted by atomic mass is 31.2. The van der Waals surface area contributed by atoms with Crippen molar-refractivity contribution >= 4 is 15.7 Å². The molecule has 3 nitrogen and oxygen atoms in total. The lowest BCUT2D eigenvalue weighted by Crippen LogP contribution is -2.38. The van der Waals surface area contributed by atoms with Gasteiger partial charge in [-0.15, -0.1) is 0 Å². The van der Waals surface area contributed by atoms with E-state index >= 15 is 0 Å². The van der Waals surface area contributed by atoms with Gasteiger partial charge in [0.2, 0.25) is 0 Å². The van der Waals surface area contributed by atoms with Crippen LogP contribution in [-0.4, -0.2) is 23.1 Å². The fourth-order valence-corrected chi connectivity index (χ4v) is 7.67. The minimum absolute atomic E-state index is 0.360. The Morgan fingerprint density at radius 1 is 1.06 bits per heavy atom. The smallest absolute Gasteiger partial charge is 0.324 e. The normalized spacial score (nSPS) is 15.1. The molecule has 2 N–H and O–H groups in total. The maximum absolute atomic E-state index is 11.4. The van der Waals surface area contributed by atoms with E-state index in [1.807, 2.05) is 19.6 Å². The summed E-state index contributed by atoms with van der Waals surface area (Å²) in [6.07, 6.45) is 6.39. The maximum Gasteiger partial charge on any atom is 0.325 e. The second kappa shape index (κ2) is 6.95. The Balaban J connectivity index is 4.11. The number of rotatable bonds is 8. The highest BCUT2D eigenvalue weighted by molar-refractivity contribution is 7.56. The van der Waals surface area contributed by atoms with E-state index in [0.29, 0.717) is 6.42 Å². The Labute approximate surface area is 101 Å². The van der Waals surface area contributed by atoms with Crippen LogP contribution in [0.1, 0.15) is 45.4 Å². The van der Waals surface area contributed by atoms with Crippen molar-refractivity contribution in [1.82, 2.24) is 0 Å². The van der Waals surface area contributed by atoms with Crippen LogP contribution in [0.2, 0.25) is 19.6 Å². The predicted molar refractivity (Wildman–Crippen MR) is 72.6 cm³/mol. The fraction of sp³-hybridized carbons (Fsp3) is 1.00. The standard InChI is InChI=1S/C11H27O3PSi/c1-5-6-7-8-9-10-11(15(12,13)14)16(2,3)4/h11H,5-10H2,1-4H3,(H2,12,13,14). The van der Waals surface area contributed by atoms with E-state index in [1.165, 1.54) is 19.3 Å². The molecule has 0 radical (unpaired) electrons. The summed E-state index contributed by atoms with van der Waals surface area (Å²) in [5.41, 5.74) is 0. The van der Waals surface area contributed by atoms with Gasteiger partial charge in [-0.3, -0.25) is 4.57 Å². The van der Waals surface area contributed by atoms with Gasteiger partial charge in [0.25, 0.3) is 0 Å². The van der Waals surface area contributed by atoms with Crippen molar-refractivity contribution in [1.29, 1.82) is 0 Å². The number of hydrogen-bond donors (Lipinski definition) is 2. The molecule has 0 bridgehead atoms. The van der Waals surface area contributed by atoms with E-state index < -0.39 is 15.7 Å². The first-order chi connectivity index (χ1) is 7.19. The van der Waals surface area contributed by atoms with Crippen molar-refractivity contribution < 1.29 is 14.4 Å². The summed E-state index contributed by atoms with van der Waals surface area (Å²) in [6, 6.07) is 0. The Kier molecular flexibility index (Phi) is 7.11. The second-order valence-corrected chi connectivity index (χ2v) is 13.4. The van der Waals surface area contributed by atoms with Crippen LogP contribution in [0.3, 0.4) is 0 Å². The molecule has 0 saturated carbocycles. The van der Waals surface area contributed by atoms with Crippen molar-refractivity contribution in [3.8, 4) is 0 Å². The minimum Gasteiger partial charge on any atom is -0.324 e. The third kappa shape index (κ3) is 6.84. The third-order valence-corrected chi connectivity index (χ3v) is 9.68. The van der Waals surface area contributed by atoms with Crippen molar-refractivity contribution in [3.63, 3.8) is 0 Å². The summed E-state index contributed by atoms with van der Waals surface area (Å²) in [4.78, 5) is 18.7. The van der Waals surface area contributed by atoms with Crippen LogP contribution >= 0.6 is 7.60 Å². The van der Waals surface area contributed by atoms with Crippen molar-refractivity contribution in [2.75, 3.05) is 0 Å². The largest absolute Gasteiger partial charge is 0.325 e. The Morgan fingerprint density at radius 3 is 1.94 bits per heavy atom. The molecule has 0 fully saturated rings. The van der Waals surface area contributed by atoms with E-state index in [-0.39, 0.29) is 5.28 Å². The second-order valence-electron chi connectivity index (χ2n) is 5.67. The van der Waals surface area contributed by atoms with Crippen molar-refractivity contribution in [2.45, 2.75) is 70.4 Å². The molecule has 98 valence electrons. The molecule has 0 aromatic rings. The first-order valence-electron chi connectivity index (χ1n) is 6.24. The van der Waals surface area contributed by atoms with E-state index in [9.17, 15) is 14.4 Å². The molecule has 0 rings (SSSR count). The maximum atomic E-state index is 11.4. The molecule has 0 saturated heterocycles. The van der Waals surface area contributed by atoms with Gasteiger partial charge in [-0.1, -0.05) is 58.7 Å². The average molecular weight is 266 g/mol. The van der Waals surface area contributed by atoms with Crippen LogP contribution in [0, 0.1) is 0 Å². The summed E-state index contributed by atoms with van der Waals surface area (Å²) in [5, 5.41) is -0.360.